The van der Waals surface area contributed by atoms with Crippen molar-refractivity contribution in [3.05, 3.63) is 77.9 Å². The van der Waals surface area contributed by atoms with Gasteiger partial charge in [0.1, 0.15) is 12.4 Å². The smallest absolute Gasteiger partial charge is 0.231 e. The van der Waals surface area contributed by atoms with Gasteiger partial charge in [0.15, 0.2) is 17.5 Å². The van der Waals surface area contributed by atoms with E-state index in [9.17, 15) is 0 Å². The Kier molecular flexibility index (Phi) is 6.17. The molecule has 4 rings (SSSR count). The molecule has 1 N–H and O–H groups in total. The lowest BCUT2D eigenvalue weighted by Gasteiger charge is -2.22. The van der Waals surface area contributed by atoms with Crippen LogP contribution in [0.4, 0.5) is 0 Å². The molecule has 0 amide bonds. The van der Waals surface area contributed by atoms with Crippen LogP contribution in [0.25, 0.3) is 0 Å². The summed E-state index contributed by atoms with van der Waals surface area (Å²) in [6.45, 7) is 5.15. The molecular weight excluding hydrogens is 378 g/mol. The predicted octanol–water partition coefficient (Wildman–Crippen LogP) is 3.26. The van der Waals surface area contributed by atoms with E-state index in [0.717, 1.165) is 41.9 Å². The number of benzene rings is 2. The molecule has 156 valence electrons. The van der Waals surface area contributed by atoms with Gasteiger partial charge in [0.05, 0.1) is 0 Å². The molecule has 0 fully saturated rings. The average Bonchev–Trinajstić information content (AvgIpc) is 3.40. The lowest BCUT2D eigenvalue weighted by atomic mass is 10.2. The zero-order chi connectivity index (χ0) is 20.8. The van der Waals surface area contributed by atoms with Gasteiger partial charge in [-0.05, 0) is 30.2 Å². The maximum absolute atomic E-state index is 5.49. The normalized spacial score (nSPS) is 12.8. The Morgan fingerprint density at radius 2 is 1.97 bits per heavy atom. The van der Waals surface area contributed by atoms with Crippen molar-refractivity contribution in [2.24, 2.45) is 4.99 Å². The zero-order valence-electron chi connectivity index (χ0n) is 17.4. The molecule has 0 unspecified atom stereocenters. The van der Waals surface area contributed by atoms with Crippen LogP contribution in [0, 0.1) is 0 Å². The van der Waals surface area contributed by atoms with Gasteiger partial charge in [-0.25, -0.2) is 9.98 Å². The number of rotatable bonds is 7. The standard InChI is InChI=1S/C23H27N5O2/c1-3-24-23(27(2)15-19-9-10-20-21(13-19)30-17-29-20)26-14-22-25-11-12-28(22)16-18-7-5-4-6-8-18/h4-13H,3,14-17H2,1-2H3,(H,24,26). The number of ether oxygens (including phenoxy) is 2. The third kappa shape index (κ3) is 4.74. The number of fused-ring (bicyclic) bond motifs is 1. The predicted molar refractivity (Wildman–Crippen MR) is 117 cm³/mol. The Morgan fingerprint density at radius 3 is 2.80 bits per heavy atom. The SMILES string of the molecule is CCNC(=NCc1nccn1Cc1ccccc1)N(C)Cc1ccc2c(c1)OCO2. The lowest BCUT2D eigenvalue weighted by molar-refractivity contribution is 0.174. The van der Waals surface area contributed by atoms with Gasteiger partial charge in [-0.3, -0.25) is 0 Å². The lowest BCUT2D eigenvalue weighted by Crippen LogP contribution is -2.38. The molecule has 0 saturated carbocycles. The molecule has 0 saturated heterocycles. The van der Waals surface area contributed by atoms with E-state index < -0.39 is 0 Å². The van der Waals surface area contributed by atoms with E-state index >= 15 is 0 Å². The molecular formula is C23H27N5O2. The molecule has 3 aromatic rings. The highest BCUT2D eigenvalue weighted by Gasteiger charge is 2.15. The topological polar surface area (TPSA) is 63.9 Å². The Labute approximate surface area is 177 Å². The van der Waals surface area contributed by atoms with Crippen molar-refractivity contribution in [2.45, 2.75) is 26.6 Å². The van der Waals surface area contributed by atoms with Crippen LogP contribution in [-0.2, 0) is 19.6 Å². The molecule has 2 aromatic carbocycles. The van der Waals surface area contributed by atoms with Crippen LogP contribution in [0.1, 0.15) is 23.9 Å². The van der Waals surface area contributed by atoms with Crippen molar-refractivity contribution in [1.82, 2.24) is 19.8 Å². The second-order valence-corrected chi connectivity index (χ2v) is 7.17. The number of aliphatic imine (C=N–C) groups is 1. The average molecular weight is 406 g/mol. The van der Waals surface area contributed by atoms with Crippen molar-refractivity contribution >= 4 is 5.96 Å². The Balaban J connectivity index is 1.44. The third-order valence-corrected chi connectivity index (χ3v) is 4.92. The first kappa shape index (κ1) is 19.8. The van der Waals surface area contributed by atoms with Gasteiger partial charge in [-0.2, -0.15) is 0 Å². The second kappa shape index (κ2) is 9.35. The Hall–Kier alpha value is -3.48. The fourth-order valence-electron chi connectivity index (χ4n) is 3.42. The maximum atomic E-state index is 5.49. The van der Waals surface area contributed by atoms with E-state index in [1.807, 2.05) is 37.6 Å². The number of hydrogen-bond acceptors (Lipinski definition) is 4. The number of nitrogens with one attached hydrogen (secondary N) is 1. The van der Waals surface area contributed by atoms with Crippen LogP contribution >= 0.6 is 0 Å². The fourth-order valence-corrected chi connectivity index (χ4v) is 3.42. The zero-order valence-corrected chi connectivity index (χ0v) is 17.4. The summed E-state index contributed by atoms with van der Waals surface area (Å²) in [6, 6.07) is 16.4. The summed E-state index contributed by atoms with van der Waals surface area (Å²) in [5, 5.41) is 3.37. The number of hydrogen-bond donors (Lipinski definition) is 1. The molecule has 0 aliphatic carbocycles. The highest BCUT2D eigenvalue weighted by molar-refractivity contribution is 5.79. The molecule has 0 bridgehead atoms. The quantitative estimate of drug-likeness (QED) is 0.483. The summed E-state index contributed by atoms with van der Waals surface area (Å²) in [4.78, 5) is 11.4. The van der Waals surface area contributed by atoms with Crippen molar-refractivity contribution < 1.29 is 9.47 Å². The third-order valence-electron chi connectivity index (χ3n) is 4.92. The van der Waals surface area contributed by atoms with Crippen molar-refractivity contribution in [3.8, 4) is 11.5 Å². The molecule has 1 aliphatic heterocycles. The van der Waals surface area contributed by atoms with Crippen LogP contribution in [0.2, 0.25) is 0 Å². The van der Waals surface area contributed by atoms with Gasteiger partial charge in [-0.1, -0.05) is 36.4 Å². The highest BCUT2D eigenvalue weighted by atomic mass is 16.7. The van der Waals surface area contributed by atoms with Gasteiger partial charge in [-0.15, -0.1) is 0 Å². The second-order valence-electron chi connectivity index (χ2n) is 7.17. The van der Waals surface area contributed by atoms with E-state index in [1.54, 1.807) is 0 Å². The minimum absolute atomic E-state index is 0.286. The van der Waals surface area contributed by atoms with E-state index in [4.69, 9.17) is 14.5 Å². The van der Waals surface area contributed by atoms with Crippen LogP contribution < -0.4 is 14.8 Å². The molecule has 1 aromatic heterocycles. The van der Waals surface area contributed by atoms with Crippen LogP contribution in [0.3, 0.4) is 0 Å². The summed E-state index contributed by atoms with van der Waals surface area (Å²) >= 11 is 0. The van der Waals surface area contributed by atoms with Gasteiger partial charge < -0.3 is 24.3 Å². The van der Waals surface area contributed by atoms with E-state index in [2.05, 4.69) is 57.0 Å². The van der Waals surface area contributed by atoms with Crippen LogP contribution in [0.15, 0.2) is 65.9 Å². The van der Waals surface area contributed by atoms with Crippen molar-refractivity contribution in [3.63, 3.8) is 0 Å². The largest absolute Gasteiger partial charge is 0.454 e. The molecule has 0 radical (unpaired) electrons. The maximum Gasteiger partial charge on any atom is 0.231 e. The molecule has 0 spiro atoms. The van der Waals surface area contributed by atoms with Gasteiger partial charge in [0, 0.05) is 39.1 Å². The van der Waals surface area contributed by atoms with Gasteiger partial charge in [0.2, 0.25) is 6.79 Å². The van der Waals surface area contributed by atoms with E-state index in [-0.39, 0.29) is 6.79 Å². The van der Waals surface area contributed by atoms with Crippen LogP contribution in [-0.4, -0.2) is 40.8 Å². The number of nitrogens with zero attached hydrogens (tertiary/aromatic N) is 4. The van der Waals surface area contributed by atoms with Crippen LogP contribution in [0.5, 0.6) is 11.5 Å². The van der Waals surface area contributed by atoms with Crippen molar-refractivity contribution in [2.75, 3.05) is 20.4 Å². The highest BCUT2D eigenvalue weighted by Crippen LogP contribution is 2.32. The monoisotopic (exact) mass is 405 g/mol. The summed E-state index contributed by atoms with van der Waals surface area (Å²) < 4.78 is 13.0. The molecule has 7 nitrogen and oxygen atoms in total. The summed E-state index contributed by atoms with van der Waals surface area (Å²) in [7, 11) is 2.03. The Morgan fingerprint density at radius 1 is 1.13 bits per heavy atom. The summed E-state index contributed by atoms with van der Waals surface area (Å²) in [6.07, 6.45) is 3.83. The molecule has 0 atom stereocenters. The molecule has 2 heterocycles. The van der Waals surface area contributed by atoms with Gasteiger partial charge >= 0.3 is 0 Å². The first-order chi connectivity index (χ1) is 14.7. The fraction of sp³-hybridized carbons (Fsp3) is 0.304. The summed E-state index contributed by atoms with van der Waals surface area (Å²) in [5.41, 5.74) is 2.38. The van der Waals surface area contributed by atoms with E-state index in [0.29, 0.717) is 13.1 Å². The number of guanidine groups is 1. The first-order valence-corrected chi connectivity index (χ1v) is 10.1. The van der Waals surface area contributed by atoms with Gasteiger partial charge in [0.25, 0.3) is 0 Å². The minimum Gasteiger partial charge on any atom is -0.454 e. The Bertz CT molecular complexity index is 1000. The molecule has 1 aliphatic rings. The molecule has 7 heteroatoms. The van der Waals surface area contributed by atoms with E-state index in [1.165, 1.54) is 5.56 Å². The first-order valence-electron chi connectivity index (χ1n) is 10.1. The number of aromatic nitrogens is 2. The number of imidazole rings is 1. The summed E-state index contributed by atoms with van der Waals surface area (Å²) in [5.74, 6) is 3.37. The van der Waals surface area contributed by atoms with Crippen molar-refractivity contribution in [1.29, 1.82) is 0 Å². The molecule has 30 heavy (non-hydrogen) atoms. The minimum atomic E-state index is 0.286.